The van der Waals surface area contributed by atoms with Crippen molar-refractivity contribution in [2.75, 3.05) is 19.6 Å². The maximum atomic E-state index is 12.2. The number of carbonyl (C=O) groups excluding carboxylic acids is 1. The quantitative estimate of drug-likeness (QED) is 0.913. The van der Waals surface area contributed by atoms with Crippen molar-refractivity contribution in [2.45, 2.75) is 25.8 Å². The molecule has 1 aromatic rings. The molecule has 0 unspecified atom stereocenters. The van der Waals surface area contributed by atoms with Crippen molar-refractivity contribution in [1.82, 2.24) is 10.2 Å². The predicted molar refractivity (Wildman–Crippen MR) is 81.5 cm³/mol. The first-order valence-electron chi connectivity index (χ1n) is 6.52. The minimum absolute atomic E-state index is 0.223. The molecule has 1 aromatic carbocycles. The van der Waals surface area contributed by atoms with Crippen molar-refractivity contribution in [1.29, 1.82) is 0 Å². The number of piperazine rings is 1. The molecule has 5 heteroatoms. The zero-order chi connectivity index (χ0) is 13.8. The minimum Gasteiger partial charge on any atom is -0.337 e. The van der Waals surface area contributed by atoms with E-state index in [1.807, 2.05) is 23.1 Å². The Morgan fingerprint density at radius 2 is 2.37 bits per heavy atom. The Morgan fingerprint density at radius 3 is 3.11 bits per heavy atom. The molecule has 3 nitrogen and oxygen atoms in total. The van der Waals surface area contributed by atoms with Crippen LogP contribution in [0.1, 0.15) is 18.9 Å². The number of hydrogen-bond acceptors (Lipinski definition) is 2. The largest absolute Gasteiger partial charge is 0.337 e. The molecule has 1 heterocycles. The molecule has 0 aliphatic carbocycles. The SMILES string of the molecule is C[C@H]1CNCCN1C(=O)CCc1cc(Cl)ccc1Br. The number of carbonyl (C=O) groups is 1. The maximum absolute atomic E-state index is 12.2. The number of amides is 1. The lowest BCUT2D eigenvalue weighted by Crippen LogP contribution is -2.52. The average molecular weight is 346 g/mol. The fourth-order valence-corrected chi connectivity index (χ4v) is 2.97. The first-order chi connectivity index (χ1) is 9.08. The monoisotopic (exact) mass is 344 g/mol. The Kier molecular flexibility index (Phi) is 5.25. The molecular formula is C14H18BrClN2O. The molecule has 1 saturated heterocycles. The van der Waals surface area contributed by atoms with E-state index in [1.54, 1.807) is 0 Å². The Bertz CT molecular complexity index is 467. The van der Waals surface area contributed by atoms with Crippen LogP contribution < -0.4 is 5.32 Å². The Balaban J connectivity index is 1.94. The molecule has 19 heavy (non-hydrogen) atoms. The molecular weight excluding hydrogens is 328 g/mol. The third-order valence-electron chi connectivity index (χ3n) is 3.44. The summed E-state index contributed by atoms with van der Waals surface area (Å²) in [5, 5.41) is 4.00. The van der Waals surface area contributed by atoms with Crippen molar-refractivity contribution in [2.24, 2.45) is 0 Å². The van der Waals surface area contributed by atoms with Crippen molar-refractivity contribution >= 4 is 33.4 Å². The fourth-order valence-electron chi connectivity index (χ4n) is 2.33. The van der Waals surface area contributed by atoms with E-state index in [9.17, 15) is 4.79 Å². The van der Waals surface area contributed by atoms with Crippen molar-refractivity contribution in [3.63, 3.8) is 0 Å². The summed E-state index contributed by atoms with van der Waals surface area (Å²) in [4.78, 5) is 14.2. The smallest absolute Gasteiger partial charge is 0.223 e. The summed E-state index contributed by atoms with van der Waals surface area (Å²) < 4.78 is 1.01. The highest BCUT2D eigenvalue weighted by atomic mass is 79.9. The number of aryl methyl sites for hydroxylation is 1. The van der Waals surface area contributed by atoms with Gasteiger partial charge in [-0.15, -0.1) is 0 Å². The normalized spacial score (nSPS) is 19.5. The second-order valence-electron chi connectivity index (χ2n) is 4.88. The summed E-state index contributed by atoms with van der Waals surface area (Å²) >= 11 is 9.47. The molecule has 104 valence electrons. The first-order valence-corrected chi connectivity index (χ1v) is 7.69. The van der Waals surface area contributed by atoms with Gasteiger partial charge in [-0.25, -0.2) is 0 Å². The van der Waals surface area contributed by atoms with E-state index >= 15 is 0 Å². The molecule has 2 rings (SSSR count). The van der Waals surface area contributed by atoms with E-state index in [1.165, 1.54) is 0 Å². The molecule has 1 fully saturated rings. The summed E-state index contributed by atoms with van der Waals surface area (Å²) in [7, 11) is 0. The third-order valence-corrected chi connectivity index (χ3v) is 4.45. The van der Waals surface area contributed by atoms with E-state index in [0.29, 0.717) is 11.4 Å². The van der Waals surface area contributed by atoms with Gasteiger partial charge >= 0.3 is 0 Å². The highest BCUT2D eigenvalue weighted by molar-refractivity contribution is 9.10. The average Bonchev–Trinajstić information content (AvgIpc) is 2.40. The summed E-state index contributed by atoms with van der Waals surface area (Å²) in [6.07, 6.45) is 1.25. The van der Waals surface area contributed by atoms with Crippen LogP contribution >= 0.6 is 27.5 Å². The van der Waals surface area contributed by atoms with Gasteiger partial charge in [0.15, 0.2) is 0 Å². The molecule has 0 bridgehead atoms. The van der Waals surface area contributed by atoms with Gasteiger partial charge in [-0.3, -0.25) is 4.79 Å². The number of hydrogen-bond donors (Lipinski definition) is 1. The van der Waals surface area contributed by atoms with Gasteiger partial charge in [0.2, 0.25) is 5.91 Å². The van der Waals surface area contributed by atoms with Crippen LogP contribution in [0.2, 0.25) is 5.02 Å². The molecule has 0 saturated carbocycles. The van der Waals surface area contributed by atoms with E-state index in [0.717, 1.165) is 36.1 Å². The van der Waals surface area contributed by atoms with Crippen molar-refractivity contribution < 1.29 is 4.79 Å². The molecule has 1 atom stereocenters. The lowest BCUT2D eigenvalue weighted by atomic mass is 10.1. The van der Waals surface area contributed by atoms with Gasteiger partial charge < -0.3 is 10.2 Å². The minimum atomic E-state index is 0.223. The zero-order valence-corrected chi connectivity index (χ0v) is 13.3. The number of rotatable bonds is 3. The molecule has 1 aliphatic rings. The number of benzene rings is 1. The van der Waals surface area contributed by atoms with Crippen LogP contribution in [-0.2, 0) is 11.2 Å². The van der Waals surface area contributed by atoms with Gasteiger partial charge in [0.1, 0.15) is 0 Å². The van der Waals surface area contributed by atoms with Crippen LogP contribution in [0, 0.1) is 0 Å². The maximum Gasteiger partial charge on any atom is 0.223 e. The second-order valence-corrected chi connectivity index (χ2v) is 6.17. The molecule has 0 radical (unpaired) electrons. The van der Waals surface area contributed by atoms with Crippen LogP contribution in [0.3, 0.4) is 0 Å². The van der Waals surface area contributed by atoms with Crippen molar-refractivity contribution in [3.05, 3.63) is 33.3 Å². The summed E-state index contributed by atoms with van der Waals surface area (Å²) in [5.74, 6) is 0.223. The second kappa shape index (κ2) is 6.73. The Hall–Kier alpha value is -0.580. The first kappa shape index (κ1) is 14.8. The molecule has 1 amide bonds. The van der Waals surface area contributed by atoms with Crippen LogP contribution in [-0.4, -0.2) is 36.5 Å². The number of nitrogens with zero attached hydrogens (tertiary/aromatic N) is 1. The molecule has 1 N–H and O–H groups in total. The predicted octanol–water partition coefficient (Wildman–Crippen LogP) is 2.86. The van der Waals surface area contributed by atoms with Crippen LogP contribution in [0.5, 0.6) is 0 Å². The van der Waals surface area contributed by atoms with E-state index in [4.69, 9.17) is 11.6 Å². The van der Waals surface area contributed by atoms with Gasteiger partial charge in [-0.2, -0.15) is 0 Å². The summed E-state index contributed by atoms with van der Waals surface area (Å²) in [5.41, 5.74) is 1.09. The van der Waals surface area contributed by atoms with E-state index < -0.39 is 0 Å². The zero-order valence-electron chi connectivity index (χ0n) is 11.0. The van der Waals surface area contributed by atoms with Gasteiger partial charge in [-0.05, 0) is 37.1 Å². The lowest BCUT2D eigenvalue weighted by molar-refractivity contribution is -0.133. The van der Waals surface area contributed by atoms with Crippen LogP contribution in [0.15, 0.2) is 22.7 Å². The molecule has 1 aliphatic heterocycles. The lowest BCUT2D eigenvalue weighted by Gasteiger charge is -2.34. The standard InChI is InChI=1S/C14H18BrClN2O/c1-10-9-17-6-7-18(10)14(19)5-2-11-8-12(16)3-4-13(11)15/h3-4,8,10,17H,2,5-7,9H2,1H3/t10-/m0/s1. The van der Waals surface area contributed by atoms with Gasteiger partial charge in [0, 0.05) is 41.6 Å². The molecule has 0 aromatic heterocycles. The van der Waals surface area contributed by atoms with Crippen molar-refractivity contribution in [3.8, 4) is 0 Å². The van der Waals surface area contributed by atoms with Gasteiger partial charge in [0.25, 0.3) is 0 Å². The Morgan fingerprint density at radius 1 is 1.58 bits per heavy atom. The third kappa shape index (κ3) is 3.94. The Labute approximate surface area is 127 Å². The number of halogens is 2. The molecule has 0 spiro atoms. The number of nitrogens with one attached hydrogen (secondary N) is 1. The summed E-state index contributed by atoms with van der Waals surface area (Å²) in [6, 6.07) is 5.97. The van der Waals surface area contributed by atoms with E-state index in [-0.39, 0.29) is 11.9 Å². The van der Waals surface area contributed by atoms with Gasteiger partial charge in [-0.1, -0.05) is 27.5 Å². The highest BCUT2D eigenvalue weighted by Gasteiger charge is 2.22. The summed E-state index contributed by atoms with van der Waals surface area (Å²) in [6.45, 7) is 4.65. The fraction of sp³-hybridized carbons (Fsp3) is 0.500. The van der Waals surface area contributed by atoms with E-state index in [2.05, 4.69) is 28.2 Å². The van der Waals surface area contributed by atoms with Gasteiger partial charge in [0.05, 0.1) is 0 Å². The van der Waals surface area contributed by atoms with Crippen LogP contribution in [0.4, 0.5) is 0 Å². The van der Waals surface area contributed by atoms with Crippen LogP contribution in [0.25, 0.3) is 0 Å². The topological polar surface area (TPSA) is 32.3 Å². The highest BCUT2D eigenvalue weighted by Crippen LogP contribution is 2.22.